The second-order valence-electron chi connectivity index (χ2n) is 6.42. The fraction of sp³-hybridized carbons (Fsp3) is 0.846. The third-order valence-electron chi connectivity index (χ3n) is 3.16. The van der Waals surface area contributed by atoms with E-state index in [0.717, 1.165) is 13.0 Å². The zero-order valence-corrected chi connectivity index (χ0v) is 12.0. The molecule has 2 unspecified atom stereocenters. The molecule has 3 N–H and O–H groups in total. The Hall–Kier alpha value is -1.10. The van der Waals surface area contributed by atoms with E-state index in [2.05, 4.69) is 16.0 Å². The molecule has 0 radical (unpaired) electrons. The number of hydrogen-bond donors (Lipinski definition) is 3. The van der Waals surface area contributed by atoms with Gasteiger partial charge >= 0.3 is 0 Å². The van der Waals surface area contributed by atoms with Crippen molar-refractivity contribution >= 4 is 11.8 Å². The molecule has 0 aromatic carbocycles. The number of carbonyl (C=O) groups excluding carboxylic acids is 2. The minimum Gasteiger partial charge on any atom is -0.350 e. The largest absolute Gasteiger partial charge is 0.350 e. The van der Waals surface area contributed by atoms with Crippen LogP contribution in [0, 0.1) is 5.41 Å². The summed E-state index contributed by atoms with van der Waals surface area (Å²) in [4.78, 5) is 24.0. The molecule has 2 amide bonds. The summed E-state index contributed by atoms with van der Waals surface area (Å²) in [7, 11) is 0. The van der Waals surface area contributed by atoms with Gasteiger partial charge in [-0.05, 0) is 47.6 Å². The van der Waals surface area contributed by atoms with Gasteiger partial charge in [-0.25, -0.2) is 0 Å². The van der Waals surface area contributed by atoms with Crippen LogP contribution in [0.15, 0.2) is 0 Å². The highest BCUT2D eigenvalue weighted by Gasteiger charge is 2.37. The quantitative estimate of drug-likeness (QED) is 0.684. The van der Waals surface area contributed by atoms with Crippen LogP contribution in [0.2, 0.25) is 0 Å². The number of amides is 2. The summed E-state index contributed by atoms with van der Waals surface area (Å²) in [5.74, 6) is -0.200. The van der Waals surface area contributed by atoms with Crippen molar-refractivity contribution in [3.8, 4) is 0 Å². The molecular weight excluding hydrogens is 230 g/mol. The van der Waals surface area contributed by atoms with Crippen molar-refractivity contribution in [1.82, 2.24) is 16.0 Å². The molecule has 0 spiro atoms. The molecule has 0 bridgehead atoms. The normalized spacial score (nSPS) is 25.6. The van der Waals surface area contributed by atoms with E-state index in [4.69, 9.17) is 0 Å². The third-order valence-corrected chi connectivity index (χ3v) is 3.16. The number of rotatable bonds is 3. The minimum atomic E-state index is -0.505. The Kier molecular flexibility index (Phi) is 4.37. The van der Waals surface area contributed by atoms with Gasteiger partial charge in [0.1, 0.15) is 6.04 Å². The molecule has 1 aliphatic heterocycles. The standard InChI is InChI=1S/C13H25N3O2/c1-9(10(17)16-12(2,3)4)15-11(18)13(5)6-7-14-8-13/h9,14H,6-8H2,1-5H3,(H,15,18)(H,16,17). The summed E-state index contributed by atoms with van der Waals surface area (Å²) < 4.78 is 0. The van der Waals surface area contributed by atoms with Gasteiger partial charge in [0.15, 0.2) is 0 Å². The van der Waals surface area contributed by atoms with Crippen LogP contribution in [-0.4, -0.2) is 36.5 Å². The molecular formula is C13H25N3O2. The van der Waals surface area contributed by atoms with Crippen molar-refractivity contribution in [3.63, 3.8) is 0 Å². The molecule has 1 rings (SSSR count). The lowest BCUT2D eigenvalue weighted by Gasteiger charge is -2.27. The average molecular weight is 255 g/mol. The van der Waals surface area contributed by atoms with Crippen molar-refractivity contribution in [1.29, 1.82) is 0 Å². The van der Waals surface area contributed by atoms with Gasteiger partial charge in [-0.3, -0.25) is 9.59 Å². The Labute approximate surface area is 109 Å². The molecule has 104 valence electrons. The molecule has 2 atom stereocenters. The Bertz CT molecular complexity index is 328. The Morgan fingerprint density at radius 3 is 2.39 bits per heavy atom. The topological polar surface area (TPSA) is 70.2 Å². The van der Waals surface area contributed by atoms with Gasteiger partial charge in [-0.2, -0.15) is 0 Å². The Morgan fingerprint density at radius 2 is 1.94 bits per heavy atom. The van der Waals surface area contributed by atoms with Crippen LogP contribution in [0.1, 0.15) is 41.0 Å². The highest BCUT2D eigenvalue weighted by atomic mass is 16.2. The summed E-state index contributed by atoms with van der Waals surface area (Å²) in [6.45, 7) is 10.9. The second kappa shape index (κ2) is 5.26. The van der Waals surface area contributed by atoms with E-state index in [9.17, 15) is 9.59 Å². The lowest BCUT2D eigenvalue weighted by atomic mass is 9.88. The van der Waals surface area contributed by atoms with Crippen LogP contribution < -0.4 is 16.0 Å². The van der Waals surface area contributed by atoms with Crippen LogP contribution in [-0.2, 0) is 9.59 Å². The predicted octanol–water partition coefficient (Wildman–Crippen LogP) is 0.405. The smallest absolute Gasteiger partial charge is 0.242 e. The zero-order valence-electron chi connectivity index (χ0n) is 12.0. The van der Waals surface area contributed by atoms with Crippen molar-refractivity contribution in [2.24, 2.45) is 5.41 Å². The van der Waals surface area contributed by atoms with E-state index >= 15 is 0 Å². The molecule has 0 aromatic heterocycles. The Morgan fingerprint density at radius 1 is 1.33 bits per heavy atom. The maximum atomic E-state index is 12.1. The Balaban J connectivity index is 2.51. The highest BCUT2D eigenvalue weighted by Crippen LogP contribution is 2.24. The number of carbonyl (C=O) groups is 2. The summed E-state index contributed by atoms with van der Waals surface area (Å²) in [5, 5.41) is 8.82. The van der Waals surface area contributed by atoms with Gasteiger partial charge in [-0.15, -0.1) is 0 Å². The fourth-order valence-corrected chi connectivity index (χ4v) is 1.93. The fourth-order valence-electron chi connectivity index (χ4n) is 1.93. The lowest BCUT2D eigenvalue weighted by molar-refractivity contribution is -0.134. The van der Waals surface area contributed by atoms with Gasteiger partial charge in [0.2, 0.25) is 11.8 Å². The van der Waals surface area contributed by atoms with E-state index in [-0.39, 0.29) is 17.4 Å². The molecule has 5 nitrogen and oxygen atoms in total. The van der Waals surface area contributed by atoms with Gasteiger partial charge in [0.25, 0.3) is 0 Å². The lowest BCUT2D eigenvalue weighted by Crippen LogP contribution is -2.53. The summed E-state index contributed by atoms with van der Waals surface area (Å²) in [6.07, 6.45) is 0.812. The van der Waals surface area contributed by atoms with Crippen LogP contribution in [0.3, 0.4) is 0 Å². The van der Waals surface area contributed by atoms with Crippen LogP contribution >= 0.6 is 0 Å². The summed E-state index contributed by atoms with van der Waals surface area (Å²) in [6, 6.07) is -0.505. The van der Waals surface area contributed by atoms with Gasteiger partial charge in [0.05, 0.1) is 5.41 Å². The van der Waals surface area contributed by atoms with Crippen molar-refractivity contribution in [3.05, 3.63) is 0 Å². The second-order valence-corrected chi connectivity index (χ2v) is 6.42. The molecule has 1 fully saturated rings. The summed E-state index contributed by atoms with van der Waals surface area (Å²) >= 11 is 0. The molecule has 1 heterocycles. The first-order chi connectivity index (χ1) is 8.14. The predicted molar refractivity (Wildman–Crippen MR) is 71.1 cm³/mol. The van der Waals surface area contributed by atoms with E-state index in [1.165, 1.54) is 0 Å². The van der Waals surface area contributed by atoms with E-state index < -0.39 is 11.5 Å². The van der Waals surface area contributed by atoms with Gasteiger partial charge in [-0.1, -0.05) is 0 Å². The number of hydrogen-bond acceptors (Lipinski definition) is 3. The monoisotopic (exact) mass is 255 g/mol. The maximum absolute atomic E-state index is 12.1. The van der Waals surface area contributed by atoms with Crippen molar-refractivity contribution in [2.75, 3.05) is 13.1 Å². The summed E-state index contributed by atoms with van der Waals surface area (Å²) in [5.41, 5.74) is -0.675. The van der Waals surface area contributed by atoms with E-state index in [1.54, 1.807) is 6.92 Å². The first-order valence-electron chi connectivity index (χ1n) is 6.48. The SMILES string of the molecule is CC(NC(=O)C1(C)CCNC1)C(=O)NC(C)(C)C. The van der Waals surface area contributed by atoms with Crippen LogP contribution in [0.25, 0.3) is 0 Å². The minimum absolute atomic E-state index is 0.0518. The first kappa shape index (κ1) is 15.0. The van der Waals surface area contributed by atoms with Gasteiger partial charge < -0.3 is 16.0 Å². The molecule has 0 saturated carbocycles. The highest BCUT2D eigenvalue weighted by molar-refractivity contribution is 5.90. The van der Waals surface area contributed by atoms with E-state index in [0.29, 0.717) is 6.54 Å². The molecule has 18 heavy (non-hydrogen) atoms. The van der Waals surface area contributed by atoms with E-state index in [1.807, 2.05) is 27.7 Å². The van der Waals surface area contributed by atoms with Crippen molar-refractivity contribution < 1.29 is 9.59 Å². The van der Waals surface area contributed by atoms with Crippen LogP contribution in [0.5, 0.6) is 0 Å². The third kappa shape index (κ3) is 3.98. The van der Waals surface area contributed by atoms with Gasteiger partial charge in [0, 0.05) is 12.1 Å². The van der Waals surface area contributed by atoms with Crippen molar-refractivity contribution in [2.45, 2.75) is 52.6 Å². The number of nitrogens with one attached hydrogen (secondary N) is 3. The van der Waals surface area contributed by atoms with Crippen LogP contribution in [0.4, 0.5) is 0 Å². The average Bonchev–Trinajstić information content (AvgIpc) is 2.63. The molecule has 1 aliphatic rings. The zero-order chi connectivity index (χ0) is 14.0. The maximum Gasteiger partial charge on any atom is 0.242 e. The first-order valence-corrected chi connectivity index (χ1v) is 6.48. The molecule has 1 saturated heterocycles. The molecule has 0 aromatic rings. The molecule has 5 heteroatoms. The molecule has 0 aliphatic carbocycles.